The molecule has 1 fully saturated rings. The number of rotatable bonds is 8. The van der Waals surface area contributed by atoms with E-state index in [-0.39, 0.29) is 11.8 Å². The Balaban J connectivity index is 2.62. The summed E-state index contributed by atoms with van der Waals surface area (Å²) in [6.45, 7) is 3.88. The summed E-state index contributed by atoms with van der Waals surface area (Å²) >= 11 is 1.53. The van der Waals surface area contributed by atoms with Crippen LogP contribution in [0.3, 0.4) is 0 Å². The number of aliphatic carboxylic acids is 1. The van der Waals surface area contributed by atoms with E-state index in [4.69, 9.17) is 5.11 Å². The Morgan fingerprint density at radius 3 is 2.62 bits per heavy atom. The second-order valence-corrected chi connectivity index (χ2v) is 6.17. The minimum Gasteiger partial charge on any atom is -0.480 e. The van der Waals surface area contributed by atoms with Crippen molar-refractivity contribution in [3.8, 4) is 0 Å². The summed E-state index contributed by atoms with van der Waals surface area (Å²) < 4.78 is 0. The lowest BCUT2D eigenvalue weighted by Gasteiger charge is -2.24. The van der Waals surface area contributed by atoms with Gasteiger partial charge in [0, 0.05) is 12.2 Å². The molecule has 0 radical (unpaired) electrons. The first-order chi connectivity index (χ1) is 10.0. The van der Waals surface area contributed by atoms with Crippen LogP contribution in [0.2, 0.25) is 0 Å². The molecule has 1 rings (SSSR count). The summed E-state index contributed by atoms with van der Waals surface area (Å²) in [5, 5.41) is 11.6. The maximum atomic E-state index is 12.2. The highest BCUT2D eigenvalue weighted by molar-refractivity contribution is 7.99. The normalized spacial score (nSPS) is 19.3. The quantitative estimate of drug-likeness (QED) is 0.708. The number of nitrogens with one attached hydrogen (secondary N) is 1. The van der Waals surface area contributed by atoms with Crippen molar-refractivity contribution in [2.24, 2.45) is 0 Å². The third-order valence-electron chi connectivity index (χ3n) is 3.44. The number of hydrogen-bond donors (Lipinski definition) is 2. The van der Waals surface area contributed by atoms with Crippen LogP contribution in [-0.2, 0) is 14.4 Å². The number of amides is 2. The van der Waals surface area contributed by atoms with E-state index in [1.807, 2.05) is 13.8 Å². The van der Waals surface area contributed by atoms with Gasteiger partial charge in [0.15, 0.2) is 0 Å². The van der Waals surface area contributed by atoms with E-state index >= 15 is 0 Å². The van der Waals surface area contributed by atoms with Gasteiger partial charge in [-0.1, -0.05) is 26.7 Å². The largest absolute Gasteiger partial charge is 0.480 e. The molecular weight excluding hydrogens is 292 g/mol. The molecule has 120 valence electrons. The second kappa shape index (κ2) is 8.92. The molecule has 7 heteroatoms. The molecule has 0 aliphatic carbocycles. The van der Waals surface area contributed by atoms with E-state index in [1.165, 1.54) is 11.8 Å². The van der Waals surface area contributed by atoms with Crippen molar-refractivity contribution in [2.45, 2.75) is 58.0 Å². The van der Waals surface area contributed by atoms with Crippen LogP contribution >= 0.6 is 11.8 Å². The molecule has 1 heterocycles. The first kappa shape index (κ1) is 17.8. The zero-order chi connectivity index (χ0) is 15.8. The predicted molar refractivity (Wildman–Crippen MR) is 82.0 cm³/mol. The number of hydrogen-bond acceptors (Lipinski definition) is 4. The van der Waals surface area contributed by atoms with Crippen LogP contribution in [0.15, 0.2) is 0 Å². The van der Waals surface area contributed by atoms with Gasteiger partial charge in [-0.05, 0) is 12.8 Å². The SMILES string of the molecule is CCCCC(=O)N1CSCC1C(=O)NC(CCC)C(=O)O. The fourth-order valence-electron chi connectivity index (χ4n) is 2.19. The van der Waals surface area contributed by atoms with Gasteiger partial charge in [-0.3, -0.25) is 9.59 Å². The molecule has 1 saturated heterocycles. The molecule has 0 aromatic rings. The third-order valence-corrected chi connectivity index (χ3v) is 4.45. The lowest BCUT2D eigenvalue weighted by atomic mass is 10.1. The van der Waals surface area contributed by atoms with Crippen LogP contribution in [0.4, 0.5) is 0 Å². The van der Waals surface area contributed by atoms with Gasteiger partial charge in [0.05, 0.1) is 5.88 Å². The number of carboxylic acids is 1. The van der Waals surface area contributed by atoms with Crippen LogP contribution in [-0.4, -0.2) is 51.5 Å². The van der Waals surface area contributed by atoms with Crippen molar-refractivity contribution in [1.29, 1.82) is 0 Å². The van der Waals surface area contributed by atoms with E-state index in [2.05, 4.69) is 5.32 Å². The predicted octanol–water partition coefficient (Wildman–Crippen LogP) is 1.45. The lowest BCUT2D eigenvalue weighted by Crippen LogP contribution is -2.51. The van der Waals surface area contributed by atoms with Crippen molar-refractivity contribution in [1.82, 2.24) is 10.2 Å². The van der Waals surface area contributed by atoms with Gasteiger partial charge in [0.2, 0.25) is 11.8 Å². The average molecular weight is 316 g/mol. The van der Waals surface area contributed by atoms with E-state index < -0.39 is 18.1 Å². The average Bonchev–Trinajstić information content (AvgIpc) is 2.93. The van der Waals surface area contributed by atoms with E-state index in [0.29, 0.717) is 30.9 Å². The molecule has 0 spiro atoms. The highest BCUT2D eigenvalue weighted by atomic mass is 32.2. The zero-order valence-corrected chi connectivity index (χ0v) is 13.4. The Kier molecular flexibility index (Phi) is 7.56. The van der Waals surface area contributed by atoms with Crippen LogP contribution < -0.4 is 5.32 Å². The summed E-state index contributed by atoms with van der Waals surface area (Å²) in [4.78, 5) is 37.0. The molecule has 1 aliphatic rings. The smallest absolute Gasteiger partial charge is 0.326 e. The molecule has 0 bridgehead atoms. The molecule has 0 aromatic heterocycles. The maximum absolute atomic E-state index is 12.2. The molecule has 0 saturated carbocycles. The Bertz CT molecular complexity index is 389. The Morgan fingerprint density at radius 1 is 1.33 bits per heavy atom. The maximum Gasteiger partial charge on any atom is 0.326 e. The standard InChI is InChI=1S/C14H24N2O4S/c1-3-5-7-12(17)16-9-21-8-11(16)13(18)15-10(6-4-2)14(19)20/h10-11H,3-9H2,1-2H3,(H,15,18)(H,19,20). The monoisotopic (exact) mass is 316 g/mol. The van der Waals surface area contributed by atoms with E-state index in [9.17, 15) is 14.4 Å². The Morgan fingerprint density at radius 2 is 2.05 bits per heavy atom. The third kappa shape index (κ3) is 5.22. The summed E-state index contributed by atoms with van der Waals surface area (Å²) in [6, 6.07) is -1.42. The molecule has 2 amide bonds. The summed E-state index contributed by atoms with van der Waals surface area (Å²) in [5.74, 6) is -0.372. The zero-order valence-electron chi connectivity index (χ0n) is 12.6. The van der Waals surface area contributed by atoms with Gasteiger partial charge in [-0.2, -0.15) is 0 Å². The fraction of sp³-hybridized carbons (Fsp3) is 0.786. The molecule has 1 aliphatic heterocycles. The molecule has 6 nitrogen and oxygen atoms in total. The molecule has 0 aromatic carbocycles. The summed E-state index contributed by atoms with van der Waals surface area (Å²) in [6.07, 6.45) is 3.25. The van der Waals surface area contributed by atoms with Crippen LogP contribution in [0.1, 0.15) is 46.0 Å². The molecule has 21 heavy (non-hydrogen) atoms. The topological polar surface area (TPSA) is 86.7 Å². The first-order valence-electron chi connectivity index (χ1n) is 7.41. The lowest BCUT2D eigenvalue weighted by molar-refractivity contribution is -0.143. The molecular formula is C14H24N2O4S. The molecule has 2 unspecified atom stereocenters. The van der Waals surface area contributed by atoms with Crippen molar-refractivity contribution < 1.29 is 19.5 Å². The Hall–Kier alpha value is -1.24. The molecule has 2 atom stereocenters. The van der Waals surface area contributed by atoms with Gasteiger partial charge in [0.1, 0.15) is 12.1 Å². The van der Waals surface area contributed by atoms with Crippen molar-refractivity contribution in [3.63, 3.8) is 0 Å². The van der Waals surface area contributed by atoms with Crippen LogP contribution in [0.5, 0.6) is 0 Å². The summed E-state index contributed by atoms with van der Waals surface area (Å²) in [5.41, 5.74) is 0. The van der Waals surface area contributed by atoms with Crippen molar-refractivity contribution in [2.75, 3.05) is 11.6 Å². The van der Waals surface area contributed by atoms with Crippen LogP contribution in [0, 0.1) is 0 Å². The highest BCUT2D eigenvalue weighted by Crippen LogP contribution is 2.22. The number of unbranched alkanes of at least 4 members (excludes halogenated alkanes) is 1. The number of nitrogens with zero attached hydrogens (tertiary/aromatic N) is 1. The first-order valence-corrected chi connectivity index (χ1v) is 8.57. The van der Waals surface area contributed by atoms with Gasteiger partial charge < -0.3 is 15.3 Å². The van der Waals surface area contributed by atoms with Gasteiger partial charge in [-0.15, -0.1) is 11.8 Å². The van der Waals surface area contributed by atoms with E-state index in [1.54, 1.807) is 4.90 Å². The van der Waals surface area contributed by atoms with Crippen molar-refractivity contribution in [3.05, 3.63) is 0 Å². The minimum absolute atomic E-state index is 0.0237. The molecule has 2 N–H and O–H groups in total. The minimum atomic E-state index is -1.03. The van der Waals surface area contributed by atoms with E-state index in [0.717, 1.165) is 12.8 Å². The highest BCUT2D eigenvalue weighted by Gasteiger charge is 2.35. The fourth-order valence-corrected chi connectivity index (χ4v) is 3.37. The van der Waals surface area contributed by atoms with Gasteiger partial charge in [-0.25, -0.2) is 4.79 Å². The number of thioether (sulfide) groups is 1. The van der Waals surface area contributed by atoms with Gasteiger partial charge in [0.25, 0.3) is 0 Å². The Labute approximate surface area is 129 Å². The number of carbonyl (C=O) groups is 3. The van der Waals surface area contributed by atoms with Crippen LogP contribution in [0.25, 0.3) is 0 Å². The number of carboxylic acid groups (broad SMARTS) is 1. The second-order valence-electron chi connectivity index (χ2n) is 5.17. The number of carbonyl (C=O) groups excluding carboxylic acids is 2. The summed E-state index contributed by atoms with van der Waals surface area (Å²) in [7, 11) is 0. The van der Waals surface area contributed by atoms with Crippen molar-refractivity contribution >= 4 is 29.5 Å². The van der Waals surface area contributed by atoms with Gasteiger partial charge >= 0.3 is 5.97 Å².